The predicted octanol–water partition coefficient (Wildman–Crippen LogP) is 1.60. The van der Waals surface area contributed by atoms with E-state index in [9.17, 15) is 0 Å². The average Bonchev–Trinajstić information content (AvgIpc) is 2.21. The first-order valence-corrected chi connectivity index (χ1v) is 6.33. The Hall–Kier alpha value is -1.14. The molecular formula is C11H20ClN5O. The van der Waals surface area contributed by atoms with Gasteiger partial charge in [0.2, 0.25) is 11.2 Å². The molecule has 0 aliphatic rings. The third-order valence-electron chi connectivity index (χ3n) is 2.51. The molecule has 2 N–H and O–H groups in total. The van der Waals surface area contributed by atoms with Gasteiger partial charge in [-0.3, -0.25) is 4.90 Å². The van der Waals surface area contributed by atoms with Crippen molar-refractivity contribution in [2.24, 2.45) is 0 Å². The molecular weight excluding hydrogens is 254 g/mol. The summed E-state index contributed by atoms with van der Waals surface area (Å²) in [5, 5.41) is 0.0436. The molecule has 1 aromatic heterocycles. The lowest BCUT2D eigenvalue weighted by atomic mass is 10.2. The van der Waals surface area contributed by atoms with Gasteiger partial charge in [0.1, 0.15) is 6.61 Å². The zero-order valence-electron chi connectivity index (χ0n) is 11.2. The monoisotopic (exact) mass is 273 g/mol. The lowest BCUT2D eigenvalue weighted by Crippen LogP contribution is -2.39. The van der Waals surface area contributed by atoms with Crippen LogP contribution in [0.15, 0.2) is 0 Å². The van der Waals surface area contributed by atoms with E-state index in [1.165, 1.54) is 0 Å². The van der Waals surface area contributed by atoms with Crippen molar-refractivity contribution in [3.63, 3.8) is 0 Å². The predicted molar refractivity (Wildman–Crippen MR) is 71.7 cm³/mol. The molecule has 6 nitrogen and oxygen atoms in total. The lowest BCUT2D eigenvalue weighted by Gasteiger charge is -2.30. The molecule has 7 heteroatoms. The molecule has 1 heterocycles. The van der Waals surface area contributed by atoms with E-state index >= 15 is 0 Å². The van der Waals surface area contributed by atoms with Crippen LogP contribution in [0.3, 0.4) is 0 Å². The second kappa shape index (κ2) is 6.70. The smallest absolute Gasteiger partial charge is 0.322 e. The van der Waals surface area contributed by atoms with Crippen LogP contribution in [-0.2, 0) is 0 Å². The van der Waals surface area contributed by atoms with Gasteiger partial charge in [0.25, 0.3) is 0 Å². The summed E-state index contributed by atoms with van der Waals surface area (Å²) in [5.74, 6) is 0.0644. The molecule has 0 unspecified atom stereocenters. The first kappa shape index (κ1) is 14.9. The first-order chi connectivity index (χ1) is 8.40. The van der Waals surface area contributed by atoms with Crippen molar-refractivity contribution in [1.29, 1.82) is 0 Å². The molecule has 1 rings (SSSR count). The minimum atomic E-state index is 0.0436. The van der Waals surface area contributed by atoms with Crippen LogP contribution in [0.2, 0.25) is 5.28 Å². The molecule has 0 saturated heterocycles. The zero-order valence-corrected chi connectivity index (χ0v) is 12.0. The molecule has 102 valence electrons. The normalized spacial score (nSPS) is 11.6. The average molecular weight is 274 g/mol. The van der Waals surface area contributed by atoms with Crippen molar-refractivity contribution < 1.29 is 4.74 Å². The van der Waals surface area contributed by atoms with Crippen LogP contribution in [0.1, 0.15) is 27.7 Å². The molecule has 0 aliphatic heterocycles. The number of hydrogen-bond donors (Lipinski definition) is 1. The van der Waals surface area contributed by atoms with Crippen molar-refractivity contribution in [2.75, 3.05) is 18.9 Å². The molecule has 0 bridgehead atoms. The first-order valence-electron chi connectivity index (χ1n) is 5.95. The Kier molecular flexibility index (Phi) is 5.55. The van der Waals surface area contributed by atoms with Gasteiger partial charge in [0.05, 0.1) is 0 Å². The van der Waals surface area contributed by atoms with E-state index in [4.69, 9.17) is 22.1 Å². The van der Waals surface area contributed by atoms with Crippen LogP contribution in [0.4, 0.5) is 5.95 Å². The fraction of sp³-hybridized carbons (Fsp3) is 0.727. The van der Waals surface area contributed by atoms with Crippen molar-refractivity contribution >= 4 is 17.5 Å². The summed E-state index contributed by atoms with van der Waals surface area (Å²) in [6.45, 7) is 9.87. The third kappa shape index (κ3) is 4.62. The molecule has 18 heavy (non-hydrogen) atoms. The largest absolute Gasteiger partial charge is 0.462 e. The van der Waals surface area contributed by atoms with Crippen molar-refractivity contribution in [2.45, 2.75) is 39.8 Å². The Bertz CT molecular complexity index is 357. The molecule has 0 radical (unpaired) electrons. The van der Waals surface area contributed by atoms with E-state index < -0.39 is 0 Å². The molecule has 0 aromatic carbocycles. The van der Waals surface area contributed by atoms with Crippen LogP contribution in [0, 0.1) is 0 Å². The van der Waals surface area contributed by atoms with E-state index in [0.717, 1.165) is 6.54 Å². The van der Waals surface area contributed by atoms with E-state index in [0.29, 0.717) is 18.7 Å². The maximum absolute atomic E-state index is 5.66. The standard InChI is InChI=1S/C11H20ClN5O/c1-7(2)17(8(3)4)5-6-18-11-15-9(12)14-10(13)16-11/h7-8H,5-6H2,1-4H3,(H2,13,14,15,16). The number of aromatic nitrogens is 3. The molecule has 0 amide bonds. The topological polar surface area (TPSA) is 77.2 Å². The second-order valence-corrected chi connectivity index (χ2v) is 4.86. The number of nitrogens with zero attached hydrogens (tertiary/aromatic N) is 4. The highest BCUT2D eigenvalue weighted by Gasteiger charge is 2.13. The summed E-state index contributed by atoms with van der Waals surface area (Å²) >= 11 is 5.66. The minimum Gasteiger partial charge on any atom is -0.462 e. The third-order valence-corrected chi connectivity index (χ3v) is 2.68. The van der Waals surface area contributed by atoms with Gasteiger partial charge in [0.15, 0.2) is 0 Å². The number of anilines is 1. The van der Waals surface area contributed by atoms with Crippen molar-refractivity contribution in [3.05, 3.63) is 5.28 Å². The Balaban J connectivity index is 2.50. The molecule has 0 aliphatic carbocycles. The van der Waals surface area contributed by atoms with Crippen LogP contribution in [0.5, 0.6) is 6.01 Å². The minimum absolute atomic E-state index is 0.0436. The summed E-state index contributed by atoms with van der Waals surface area (Å²) in [5.41, 5.74) is 5.45. The number of halogens is 1. The van der Waals surface area contributed by atoms with Crippen LogP contribution < -0.4 is 10.5 Å². The van der Waals surface area contributed by atoms with Gasteiger partial charge in [-0.1, -0.05) is 0 Å². The number of rotatable bonds is 6. The fourth-order valence-electron chi connectivity index (χ4n) is 1.77. The van der Waals surface area contributed by atoms with E-state index in [2.05, 4.69) is 47.5 Å². The van der Waals surface area contributed by atoms with Gasteiger partial charge >= 0.3 is 6.01 Å². The number of nitrogen functional groups attached to an aromatic ring is 1. The second-order valence-electron chi connectivity index (χ2n) is 4.52. The van der Waals surface area contributed by atoms with Crippen LogP contribution in [-0.4, -0.2) is 45.1 Å². The van der Waals surface area contributed by atoms with Crippen molar-refractivity contribution in [3.8, 4) is 6.01 Å². The Morgan fingerprint density at radius 3 is 2.28 bits per heavy atom. The van der Waals surface area contributed by atoms with Gasteiger partial charge in [-0.25, -0.2) is 0 Å². The van der Waals surface area contributed by atoms with E-state index in [1.54, 1.807) is 0 Å². The highest BCUT2D eigenvalue weighted by atomic mass is 35.5. The maximum atomic E-state index is 5.66. The van der Waals surface area contributed by atoms with Gasteiger partial charge < -0.3 is 10.5 Å². The summed E-state index contributed by atoms with van der Waals surface area (Å²) < 4.78 is 5.43. The summed E-state index contributed by atoms with van der Waals surface area (Å²) in [6, 6.07) is 1.08. The molecule has 0 spiro atoms. The maximum Gasteiger partial charge on any atom is 0.322 e. The van der Waals surface area contributed by atoms with E-state index in [1.807, 2.05) is 0 Å². The summed E-state index contributed by atoms with van der Waals surface area (Å²) in [6.07, 6.45) is 0. The number of hydrogen-bond acceptors (Lipinski definition) is 6. The SMILES string of the molecule is CC(C)N(CCOc1nc(N)nc(Cl)n1)C(C)C. The Morgan fingerprint density at radius 1 is 1.17 bits per heavy atom. The van der Waals surface area contributed by atoms with Gasteiger partial charge in [0, 0.05) is 18.6 Å². The number of ether oxygens (including phenoxy) is 1. The molecule has 0 saturated carbocycles. The summed E-state index contributed by atoms with van der Waals surface area (Å²) in [7, 11) is 0. The van der Waals surface area contributed by atoms with E-state index in [-0.39, 0.29) is 17.2 Å². The lowest BCUT2D eigenvalue weighted by molar-refractivity contribution is 0.138. The summed E-state index contributed by atoms with van der Waals surface area (Å²) in [4.78, 5) is 13.7. The highest BCUT2D eigenvalue weighted by Crippen LogP contribution is 2.09. The van der Waals surface area contributed by atoms with Crippen molar-refractivity contribution in [1.82, 2.24) is 19.9 Å². The molecule has 0 fully saturated rings. The molecule has 0 atom stereocenters. The number of nitrogens with two attached hydrogens (primary N) is 1. The quantitative estimate of drug-likeness (QED) is 0.848. The van der Waals surface area contributed by atoms with Gasteiger partial charge in [-0.2, -0.15) is 15.0 Å². The van der Waals surface area contributed by atoms with Gasteiger partial charge in [-0.15, -0.1) is 0 Å². The fourth-order valence-corrected chi connectivity index (χ4v) is 1.92. The Labute approximate surface area is 113 Å². The van der Waals surface area contributed by atoms with Crippen LogP contribution in [0.25, 0.3) is 0 Å². The van der Waals surface area contributed by atoms with Crippen LogP contribution >= 0.6 is 11.6 Å². The molecule has 1 aromatic rings. The highest BCUT2D eigenvalue weighted by molar-refractivity contribution is 6.28. The van der Waals surface area contributed by atoms with Gasteiger partial charge in [-0.05, 0) is 39.3 Å². The zero-order chi connectivity index (χ0) is 13.7. The Morgan fingerprint density at radius 2 is 1.78 bits per heavy atom.